The van der Waals surface area contributed by atoms with Crippen molar-refractivity contribution < 1.29 is 13.9 Å². The predicted octanol–water partition coefficient (Wildman–Crippen LogP) is 1.73. The van der Waals surface area contributed by atoms with Crippen molar-refractivity contribution in [3.8, 4) is 0 Å². The number of hydrogen-bond acceptors (Lipinski definition) is 2. The lowest BCUT2D eigenvalue weighted by Gasteiger charge is -2.41. The largest absolute Gasteiger partial charge is 0.393 e. The summed E-state index contributed by atoms with van der Waals surface area (Å²) < 4.78 is 25.2. The zero-order valence-electron chi connectivity index (χ0n) is 9.13. The van der Waals surface area contributed by atoms with E-state index in [1.807, 2.05) is 6.92 Å². The zero-order valence-corrected chi connectivity index (χ0v) is 9.13. The first kappa shape index (κ1) is 11.3. The van der Waals surface area contributed by atoms with E-state index >= 15 is 0 Å². The van der Waals surface area contributed by atoms with Gasteiger partial charge in [0.1, 0.15) is 0 Å². The summed E-state index contributed by atoms with van der Waals surface area (Å²) in [4.78, 5) is 2.22. The fourth-order valence-electron chi connectivity index (χ4n) is 2.66. The molecule has 15 heavy (non-hydrogen) atoms. The van der Waals surface area contributed by atoms with E-state index in [2.05, 4.69) is 4.90 Å². The molecule has 2 nitrogen and oxygen atoms in total. The van der Waals surface area contributed by atoms with Gasteiger partial charge in [0.25, 0.3) is 0 Å². The Morgan fingerprint density at radius 1 is 1.40 bits per heavy atom. The third-order valence-corrected chi connectivity index (χ3v) is 3.64. The highest BCUT2D eigenvalue weighted by molar-refractivity contribution is 4.89. The van der Waals surface area contributed by atoms with Crippen LogP contribution in [-0.4, -0.2) is 41.7 Å². The summed E-state index contributed by atoms with van der Waals surface area (Å²) in [7, 11) is 0. The van der Waals surface area contributed by atoms with Gasteiger partial charge in [0.05, 0.1) is 6.10 Å². The van der Waals surface area contributed by atoms with Crippen LogP contribution in [0.25, 0.3) is 0 Å². The Labute approximate surface area is 89.3 Å². The molecular formula is C11H19F2NO. The van der Waals surface area contributed by atoms with Gasteiger partial charge in [0.15, 0.2) is 0 Å². The molecule has 0 spiro atoms. The Morgan fingerprint density at radius 2 is 2.07 bits per heavy atom. The predicted molar refractivity (Wildman–Crippen MR) is 53.9 cm³/mol. The number of nitrogens with zero attached hydrogens (tertiary/aromatic N) is 1. The Bertz CT molecular complexity index is 227. The monoisotopic (exact) mass is 219 g/mol. The molecule has 0 aromatic rings. The minimum Gasteiger partial charge on any atom is -0.393 e. The molecule has 1 aliphatic heterocycles. The molecule has 2 unspecified atom stereocenters. The Morgan fingerprint density at radius 3 is 2.60 bits per heavy atom. The molecule has 2 aliphatic rings. The number of aliphatic hydroxyl groups is 1. The van der Waals surface area contributed by atoms with Gasteiger partial charge in [-0.05, 0) is 18.3 Å². The van der Waals surface area contributed by atoms with Crippen molar-refractivity contribution in [2.24, 2.45) is 11.8 Å². The first-order valence-corrected chi connectivity index (χ1v) is 5.74. The van der Waals surface area contributed by atoms with Crippen LogP contribution in [0.4, 0.5) is 8.78 Å². The van der Waals surface area contributed by atoms with Crippen molar-refractivity contribution >= 4 is 0 Å². The molecule has 0 aromatic carbocycles. The van der Waals surface area contributed by atoms with Gasteiger partial charge in [0, 0.05) is 32.5 Å². The molecule has 1 aliphatic carbocycles. The standard InChI is InChI=1S/C11H19F2NO/c1-8-6-14(3-2-10(8)15)7-9-4-11(12,13)5-9/h8-10,15H,2-7H2,1H3. The number of aliphatic hydroxyl groups excluding tert-OH is 1. The second-order valence-corrected chi connectivity index (χ2v) is 5.22. The van der Waals surface area contributed by atoms with Crippen LogP contribution in [0.3, 0.4) is 0 Å². The summed E-state index contributed by atoms with van der Waals surface area (Å²) in [6, 6.07) is 0. The molecule has 0 bridgehead atoms. The van der Waals surface area contributed by atoms with E-state index in [0.717, 1.165) is 26.1 Å². The van der Waals surface area contributed by atoms with Crippen LogP contribution >= 0.6 is 0 Å². The van der Waals surface area contributed by atoms with Crippen LogP contribution in [0.1, 0.15) is 26.2 Å². The van der Waals surface area contributed by atoms with Crippen LogP contribution in [0.2, 0.25) is 0 Å². The summed E-state index contributed by atoms with van der Waals surface area (Å²) in [5, 5.41) is 9.54. The maximum atomic E-state index is 12.6. The summed E-state index contributed by atoms with van der Waals surface area (Å²) in [6.07, 6.45) is 0.689. The normalized spacial score (nSPS) is 37.6. The van der Waals surface area contributed by atoms with Crippen LogP contribution in [-0.2, 0) is 0 Å². The van der Waals surface area contributed by atoms with Gasteiger partial charge in [-0.2, -0.15) is 0 Å². The maximum absolute atomic E-state index is 12.6. The van der Waals surface area contributed by atoms with Crippen molar-refractivity contribution in [3.63, 3.8) is 0 Å². The van der Waals surface area contributed by atoms with Crippen molar-refractivity contribution in [3.05, 3.63) is 0 Å². The quantitative estimate of drug-likeness (QED) is 0.764. The average Bonchev–Trinajstić information content (AvgIpc) is 2.08. The molecule has 88 valence electrons. The average molecular weight is 219 g/mol. The minimum absolute atomic E-state index is 0.0560. The van der Waals surface area contributed by atoms with Crippen LogP contribution in [0.15, 0.2) is 0 Å². The topological polar surface area (TPSA) is 23.5 Å². The molecule has 4 heteroatoms. The lowest BCUT2D eigenvalue weighted by molar-refractivity contribution is -0.119. The van der Waals surface area contributed by atoms with Gasteiger partial charge >= 0.3 is 0 Å². The molecule has 1 saturated carbocycles. The van der Waals surface area contributed by atoms with Crippen molar-refractivity contribution in [2.45, 2.75) is 38.2 Å². The maximum Gasteiger partial charge on any atom is 0.248 e. The highest BCUT2D eigenvalue weighted by atomic mass is 19.3. The molecule has 0 amide bonds. The van der Waals surface area contributed by atoms with E-state index in [4.69, 9.17) is 0 Å². The van der Waals surface area contributed by atoms with E-state index in [0.29, 0.717) is 0 Å². The van der Waals surface area contributed by atoms with Crippen LogP contribution in [0, 0.1) is 11.8 Å². The third kappa shape index (κ3) is 2.67. The fourth-order valence-corrected chi connectivity index (χ4v) is 2.66. The third-order valence-electron chi connectivity index (χ3n) is 3.64. The zero-order chi connectivity index (χ0) is 11.1. The van der Waals surface area contributed by atoms with E-state index in [-0.39, 0.29) is 30.8 Å². The molecule has 0 radical (unpaired) electrons. The molecule has 1 heterocycles. The Hall–Kier alpha value is -0.220. The number of hydrogen-bond donors (Lipinski definition) is 1. The Kier molecular flexibility index (Phi) is 2.99. The first-order chi connectivity index (χ1) is 6.96. The summed E-state index contributed by atoms with van der Waals surface area (Å²) in [5.74, 6) is -1.95. The van der Waals surface area contributed by atoms with E-state index < -0.39 is 5.92 Å². The molecule has 1 N–H and O–H groups in total. The first-order valence-electron chi connectivity index (χ1n) is 5.74. The number of halogens is 2. The number of likely N-dealkylation sites (tertiary alicyclic amines) is 1. The summed E-state index contributed by atoms with van der Waals surface area (Å²) >= 11 is 0. The van der Waals surface area contributed by atoms with E-state index in [9.17, 15) is 13.9 Å². The molecule has 0 aromatic heterocycles. The SMILES string of the molecule is CC1CN(CC2CC(F)(F)C2)CCC1O. The summed E-state index contributed by atoms with van der Waals surface area (Å²) in [6.45, 7) is 4.51. The van der Waals surface area contributed by atoms with Crippen molar-refractivity contribution in [2.75, 3.05) is 19.6 Å². The van der Waals surface area contributed by atoms with Gasteiger partial charge in [-0.3, -0.25) is 0 Å². The Balaban J connectivity index is 1.73. The van der Waals surface area contributed by atoms with E-state index in [1.165, 1.54) is 0 Å². The van der Waals surface area contributed by atoms with Crippen molar-refractivity contribution in [1.29, 1.82) is 0 Å². The van der Waals surface area contributed by atoms with Gasteiger partial charge in [-0.15, -0.1) is 0 Å². The van der Waals surface area contributed by atoms with Crippen molar-refractivity contribution in [1.82, 2.24) is 4.90 Å². The van der Waals surface area contributed by atoms with Crippen LogP contribution in [0.5, 0.6) is 0 Å². The van der Waals surface area contributed by atoms with Crippen LogP contribution < -0.4 is 0 Å². The molecule has 2 atom stereocenters. The van der Waals surface area contributed by atoms with Gasteiger partial charge in [-0.25, -0.2) is 8.78 Å². The number of piperidine rings is 1. The lowest BCUT2D eigenvalue weighted by atomic mass is 9.80. The molecular weight excluding hydrogens is 200 g/mol. The highest BCUT2D eigenvalue weighted by Gasteiger charge is 2.45. The van der Waals surface area contributed by atoms with Gasteiger partial charge in [0.2, 0.25) is 5.92 Å². The molecule has 2 rings (SSSR count). The van der Waals surface area contributed by atoms with Gasteiger partial charge < -0.3 is 10.0 Å². The van der Waals surface area contributed by atoms with Gasteiger partial charge in [-0.1, -0.05) is 6.92 Å². The molecule has 1 saturated heterocycles. The van der Waals surface area contributed by atoms with E-state index in [1.54, 1.807) is 0 Å². The smallest absolute Gasteiger partial charge is 0.248 e. The second kappa shape index (κ2) is 3.98. The lowest BCUT2D eigenvalue weighted by Crippen LogP contribution is -2.48. The summed E-state index contributed by atoms with van der Waals surface area (Å²) in [5.41, 5.74) is 0. The second-order valence-electron chi connectivity index (χ2n) is 5.22. The minimum atomic E-state index is -2.40. The number of alkyl halides is 2. The fraction of sp³-hybridized carbons (Fsp3) is 1.00. The highest BCUT2D eigenvalue weighted by Crippen LogP contribution is 2.42. The number of rotatable bonds is 2. The molecule has 2 fully saturated rings.